The topological polar surface area (TPSA) is 20.2 Å². The maximum atomic E-state index is 14.5. The molecule has 0 heterocycles. The first-order valence-electron chi connectivity index (χ1n) is 7.22. The van der Waals surface area contributed by atoms with E-state index in [0.717, 1.165) is 5.56 Å². The fourth-order valence-corrected chi connectivity index (χ4v) is 3.31. The van der Waals surface area contributed by atoms with Crippen molar-refractivity contribution in [2.45, 2.75) is 38.2 Å². The van der Waals surface area contributed by atoms with Crippen molar-refractivity contribution < 1.29 is 13.9 Å². The molecule has 1 nitrogen and oxygen atoms in total. The van der Waals surface area contributed by atoms with E-state index < -0.39 is 17.2 Å². The van der Waals surface area contributed by atoms with E-state index in [-0.39, 0.29) is 11.5 Å². The molecule has 0 bridgehead atoms. The minimum atomic E-state index is -1.59. The second kappa shape index (κ2) is 4.92. The predicted molar refractivity (Wildman–Crippen MR) is 78.2 cm³/mol. The number of aryl methyl sites for hydroxylation is 1. The summed E-state index contributed by atoms with van der Waals surface area (Å²) in [7, 11) is 0. The van der Waals surface area contributed by atoms with Crippen LogP contribution in [0.25, 0.3) is 0 Å². The van der Waals surface area contributed by atoms with Gasteiger partial charge in [0, 0.05) is 0 Å². The van der Waals surface area contributed by atoms with Gasteiger partial charge in [0.25, 0.3) is 0 Å². The largest absolute Gasteiger partial charge is 0.380 e. The lowest BCUT2D eigenvalue weighted by molar-refractivity contribution is 0.0503. The summed E-state index contributed by atoms with van der Waals surface area (Å²) in [5, 5.41) is 11.1. The number of hydrogen-bond donors (Lipinski definition) is 1. The summed E-state index contributed by atoms with van der Waals surface area (Å²) in [6.07, 6.45) is 1.02. The van der Waals surface area contributed by atoms with Crippen LogP contribution in [0.3, 0.4) is 0 Å². The SMILES string of the molecule is Cc1ccc(F)c(C2(O)CCC(C)c3ccccc32)c1F. The molecule has 2 aromatic rings. The molecule has 2 aromatic carbocycles. The number of halogens is 2. The Hall–Kier alpha value is -1.74. The molecule has 21 heavy (non-hydrogen) atoms. The second-order valence-electron chi connectivity index (χ2n) is 5.94. The minimum absolute atomic E-state index is 0.221. The summed E-state index contributed by atoms with van der Waals surface area (Å²) in [6.45, 7) is 3.65. The molecule has 0 saturated heterocycles. The first kappa shape index (κ1) is 14.2. The van der Waals surface area contributed by atoms with Crippen LogP contribution in [0.5, 0.6) is 0 Å². The molecule has 110 valence electrons. The lowest BCUT2D eigenvalue weighted by atomic mass is 9.71. The predicted octanol–water partition coefficient (Wildman–Crippen LogP) is 4.41. The van der Waals surface area contributed by atoms with Gasteiger partial charge in [0.15, 0.2) is 0 Å². The van der Waals surface area contributed by atoms with E-state index >= 15 is 0 Å². The Bertz CT molecular complexity index is 696. The van der Waals surface area contributed by atoms with E-state index in [1.807, 2.05) is 12.1 Å². The van der Waals surface area contributed by atoms with Crippen LogP contribution in [0, 0.1) is 18.6 Å². The van der Waals surface area contributed by atoms with Crippen LogP contribution >= 0.6 is 0 Å². The Kier molecular flexibility index (Phi) is 3.33. The average Bonchev–Trinajstić information content (AvgIpc) is 2.48. The fraction of sp³-hybridized carbons (Fsp3) is 0.333. The third-order valence-electron chi connectivity index (χ3n) is 4.57. The van der Waals surface area contributed by atoms with Gasteiger partial charge in [-0.05, 0) is 48.4 Å². The maximum Gasteiger partial charge on any atom is 0.135 e. The van der Waals surface area contributed by atoms with Gasteiger partial charge in [0.05, 0.1) is 5.56 Å². The van der Waals surface area contributed by atoms with E-state index in [1.54, 1.807) is 19.1 Å². The Morgan fingerprint density at radius 3 is 2.62 bits per heavy atom. The van der Waals surface area contributed by atoms with Gasteiger partial charge < -0.3 is 5.11 Å². The molecule has 0 spiro atoms. The van der Waals surface area contributed by atoms with Crippen molar-refractivity contribution in [3.05, 3.63) is 70.3 Å². The van der Waals surface area contributed by atoms with Crippen molar-refractivity contribution in [2.24, 2.45) is 0 Å². The van der Waals surface area contributed by atoms with Crippen LogP contribution in [0.1, 0.15) is 47.9 Å². The number of benzene rings is 2. The summed E-state index contributed by atoms with van der Waals surface area (Å²) in [5.41, 5.74) is 0.111. The van der Waals surface area contributed by atoms with Crippen LogP contribution in [-0.2, 0) is 5.60 Å². The summed E-state index contributed by atoms with van der Waals surface area (Å²) in [4.78, 5) is 0. The molecule has 1 aliphatic carbocycles. The van der Waals surface area contributed by atoms with Gasteiger partial charge in [-0.2, -0.15) is 0 Å². The molecule has 0 amide bonds. The molecule has 2 atom stereocenters. The second-order valence-corrected chi connectivity index (χ2v) is 5.94. The molecule has 0 saturated carbocycles. The van der Waals surface area contributed by atoms with Crippen molar-refractivity contribution in [2.75, 3.05) is 0 Å². The summed E-state index contributed by atoms with van der Waals surface area (Å²) in [6, 6.07) is 10.0. The molecule has 1 N–H and O–H groups in total. The first-order valence-corrected chi connectivity index (χ1v) is 7.22. The lowest BCUT2D eigenvalue weighted by Crippen LogP contribution is -2.35. The highest BCUT2D eigenvalue weighted by Crippen LogP contribution is 2.46. The van der Waals surface area contributed by atoms with Gasteiger partial charge in [0.1, 0.15) is 17.2 Å². The van der Waals surface area contributed by atoms with E-state index in [0.29, 0.717) is 24.0 Å². The van der Waals surface area contributed by atoms with Gasteiger partial charge in [-0.3, -0.25) is 0 Å². The highest BCUT2D eigenvalue weighted by atomic mass is 19.1. The number of fused-ring (bicyclic) bond motifs is 1. The van der Waals surface area contributed by atoms with Gasteiger partial charge in [-0.1, -0.05) is 37.3 Å². The molecule has 2 unspecified atom stereocenters. The Labute approximate surface area is 123 Å². The first-order chi connectivity index (χ1) is 9.95. The van der Waals surface area contributed by atoms with Crippen molar-refractivity contribution in [1.29, 1.82) is 0 Å². The quantitative estimate of drug-likeness (QED) is 0.824. The highest BCUT2D eigenvalue weighted by molar-refractivity contribution is 5.46. The number of rotatable bonds is 1. The average molecular weight is 288 g/mol. The lowest BCUT2D eigenvalue weighted by Gasteiger charge is -2.38. The molecule has 3 heteroatoms. The minimum Gasteiger partial charge on any atom is -0.380 e. The van der Waals surface area contributed by atoms with Crippen molar-refractivity contribution in [1.82, 2.24) is 0 Å². The van der Waals surface area contributed by atoms with Crippen LogP contribution in [0.2, 0.25) is 0 Å². The van der Waals surface area contributed by atoms with E-state index in [9.17, 15) is 13.9 Å². The number of aliphatic hydroxyl groups is 1. The zero-order valence-corrected chi connectivity index (χ0v) is 12.2. The van der Waals surface area contributed by atoms with Gasteiger partial charge >= 0.3 is 0 Å². The van der Waals surface area contributed by atoms with Gasteiger partial charge in [-0.25, -0.2) is 8.78 Å². The third kappa shape index (κ3) is 2.07. The molecule has 0 aromatic heterocycles. The molecule has 0 fully saturated rings. The smallest absolute Gasteiger partial charge is 0.135 e. The van der Waals surface area contributed by atoms with E-state index in [2.05, 4.69) is 6.92 Å². The van der Waals surface area contributed by atoms with Gasteiger partial charge in [-0.15, -0.1) is 0 Å². The Balaban J connectivity index is 2.28. The summed E-state index contributed by atoms with van der Waals surface area (Å²) in [5.74, 6) is -1.07. The van der Waals surface area contributed by atoms with E-state index in [4.69, 9.17) is 0 Å². The molecule has 0 radical (unpaired) electrons. The Morgan fingerprint density at radius 2 is 1.86 bits per heavy atom. The maximum absolute atomic E-state index is 14.5. The number of hydrogen-bond acceptors (Lipinski definition) is 1. The molecule has 0 aliphatic heterocycles. The van der Waals surface area contributed by atoms with Gasteiger partial charge in [0.2, 0.25) is 0 Å². The molecule has 1 aliphatic rings. The summed E-state index contributed by atoms with van der Waals surface area (Å²) < 4.78 is 28.7. The zero-order valence-electron chi connectivity index (χ0n) is 12.2. The monoisotopic (exact) mass is 288 g/mol. The molecular formula is C18H18F2O. The summed E-state index contributed by atoms with van der Waals surface area (Å²) >= 11 is 0. The van der Waals surface area contributed by atoms with Crippen LogP contribution in [0.15, 0.2) is 36.4 Å². The van der Waals surface area contributed by atoms with Crippen molar-refractivity contribution in [3.63, 3.8) is 0 Å². The molecule has 3 rings (SSSR count). The molecular weight excluding hydrogens is 270 g/mol. The van der Waals surface area contributed by atoms with Crippen molar-refractivity contribution in [3.8, 4) is 0 Å². The van der Waals surface area contributed by atoms with Crippen LogP contribution in [-0.4, -0.2) is 5.11 Å². The zero-order chi connectivity index (χ0) is 15.2. The van der Waals surface area contributed by atoms with Crippen LogP contribution < -0.4 is 0 Å². The standard InChI is InChI=1S/C18H18F2O/c1-11-9-10-18(21,14-6-4-3-5-13(11)14)16-15(19)8-7-12(2)17(16)20/h3-8,11,21H,9-10H2,1-2H3. The normalized spacial score (nSPS) is 24.7. The third-order valence-corrected chi connectivity index (χ3v) is 4.57. The van der Waals surface area contributed by atoms with E-state index in [1.165, 1.54) is 12.1 Å². The van der Waals surface area contributed by atoms with Crippen LogP contribution in [0.4, 0.5) is 8.78 Å². The fourth-order valence-electron chi connectivity index (χ4n) is 3.31. The Morgan fingerprint density at radius 1 is 1.14 bits per heavy atom. The highest BCUT2D eigenvalue weighted by Gasteiger charge is 2.42. The van der Waals surface area contributed by atoms with Crippen molar-refractivity contribution >= 4 is 0 Å².